The average Bonchev–Trinajstić information content (AvgIpc) is 2.82. The van der Waals surface area contributed by atoms with Crippen LogP contribution in [0.5, 0.6) is 0 Å². The number of fused-ring (bicyclic) bond motifs is 1. The van der Waals surface area contributed by atoms with Crippen molar-refractivity contribution >= 4 is 10.9 Å². The minimum atomic E-state index is 1.03. The molecule has 0 spiro atoms. The fourth-order valence-electron chi connectivity index (χ4n) is 3.00. The number of benzene rings is 1. The van der Waals surface area contributed by atoms with Crippen LogP contribution in [0.2, 0.25) is 0 Å². The van der Waals surface area contributed by atoms with Gasteiger partial charge in [0.2, 0.25) is 0 Å². The van der Waals surface area contributed by atoms with E-state index in [0.29, 0.717) is 0 Å². The van der Waals surface area contributed by atoms with Gasteiger partial charge in [-0.05, 0) is 32.4 Å². The monoisotopic (exact) mass is 272 g/mol. The summed E-state index contributed by atoms with van der Waals surface area (Å²) in [4.78, 5) is 2.56. The van der Waals surface area contributed by atoms with Crippen molar-refractivity contribution in [3.05, 3.63) is 30.0 Å². The third-order valence-corrected chi connectivity index (χ3v) is 4.15. The number of hydrogen-bond donors (Lipinski definition) is 1. The van der Waals surface area contributed by atoms with Crippen LogP contribution in [-0.4, -0.2) is 47.4 Å². The Bertz CT molecular complexity index is 555. The second-order valence-corrected chi connectivity index (χ2v) is 5.62. The number of rotatable bonds is 5. The van der Waals surface area contributed by atoms with E-state index >= 15 is 0 Å². The summed E-state index contributed by atoms with van der Waals surface area (Å²) in [6.07, 6.45) is 2.46. The van der Waals surface area contributed by atoms with E-state index in [1.807, 2.05) is 0 Å². The largest absolute Gasteiger partial charge is 0.314 e. The molecule has 1 aromatic heterocycles. The highest BCUT2D eigenvalue weighted by Crippen LogP contribution is 2.17. The minimum absolute atomic E-state index is 1.03. The molecule has 0 radical (unpaired) electrons. The van der Waals surface area contributed by atoms with E-state index in [1.165, 1.54) is 43.4 Å². The average molecular weight is 272 g/mol. The Hall–Kier alpha value is -1.39. The SMILES string of the molecule is Cc1nn(CCCCN2CCNCC2)c2ccccc12. The third-order valence-electron chi connectivity index (χ3n) is 4.15. The van der Waals surface area contributed by atoms with Crippen LogP contribution in [0, 0.1) is 6.92 Å². The number of nitrogens with one attached hydrogen (secondary N) is 1. The zero-order chi connectivity index (χ0) is 13.8. The molecule has 0 saturated carbocycles. The van der Waals surface area contributed by atoms with Crippen molar-refractivity contribution in [2.75, 3.05) is 32.7 Å². The van der Waals surface area contributed by atoms with Crippen molar-refractivity contribution in [1.82, 2.24) is 20.0 Å². The highest BCUT2D eigenvalue weighted by atomic mass is 15.3. The molecule has 0 unspecified atom stereocenters. The first-order chi connectivity index (χ1) is 9.84. The molecule has 20 heavy (non-hydrogen) atoms. The summed E-state index contributed by atoms with van der Waals surface area (Å²) in [7, 11) is 0. The Morgan fingerprint density at radius 3 is 2.70 bits per heavy atom. The maximum absolute atomic E-state index is 4.67. The predicted molar refractivity (Wildman–Crippen MR) is 83.0 cm³/mol. The number of hydrogen-bond acceptors (Lipinski definition) is 3. The topological polar surface area (TPSA) is 33.1 Å². The zero-order valence-electron chi connectivity index (χ0n) is 12.3. The summed E-state index contributed by atoms with van der Waals surface area (Å²) in [5.41, 5.74) is 2.41. The number of aromatic nitrogens is 2. The quantitative estimate of drug-likeness (QED) is 0.846. The van der Waals surface area contributed by atoms with Gasteiger partial charge >= 0.3 is 0 Å². The van der Waals surface area contributed by atoms with Crippen LogP contribution in [0.15, 0.2) is 24.3 Å². The third kappa shape index (κ3) is 3.02. The maximum atomic E-state index is 4.67. The fraction of sp³-hybridized carbons (Fsp3) is 0.562. The van der Waals surface area contributed by atoms with Gasteiger partial charge in [-0.1, -0.05) is 18.2 Å². The van der Waals surface area contributed by atoms with Crippen molar-refractivity contribution in [3.8, 4) is 0 Å². The van der Waals surface area contributed by atoms with Crippen LogP contribution >= 0.6 is 0 Å². The number of piperazine rings is 1. The zero-order valence-corrected chi connectivity index (χ0v) is 12.3. The molecule has 1 fully saturated rings. The van der Waals surface area contributed by atoms with Crippen molar-refractivity contribution in [2.24, 2.45) is 0 Å². The van der Waals surface area contributed by atoms with Gasteiger partial charge in [-0.3, -0.25) is 4.68 Å². The lowest BCUT2D eigenvalue weighted by Crippen LogP contribution is -2.43. The van der Waals surface area contributed by atoms with Crippen LogP contribution in [-0.2, 0) is 6.54 Å². The molecule has 1 aliphatic heterocycles. The Kier molecular flexibility index (Phi) is 4.33. The Morgan fingerprint density at radius 2 is 1.85 bits per heavy atom. The van der Waals surface area contributed by atoms with E-state index in [9.17, 15) is 0 Å². The molecule has 4 nitrogen and oxygen atoms in total. The second kappa shape index (κ2) is 6.37. The highest BCUT2D eigenvalue weighted by molar-refractivity contribution is 5.81. The molecule has 0 atom stereocenters. The Labute approximate surface area is 120 Å². The summed E-state index contributed by atoms with van der Waals surface area (Å²) in [5, 5.41) is 9.35. The van der Waals surface area contributed by atoms with Crippen LogP contribution in [0.25, 0.3) is 10.9 Å². The highest BCUT2D eigenvalue weighted by Gasteiger charge is 2.09. The summed E-state index contributed by atoms with van der Waals surface area (Å²) in [6, 6.07) is 8.52. The fourth-order valence-corrected chi connectivity index (χ4v) is 3.00. The molecule has 3 rings (SSSR count). The first-order valence-corrected chi connectivity index (χ1v) is 7.70. The molecule has 2 heterocycles. The molecular weight excluding hydrogens is 248 g/mol. The molecule has 0 amide bonds. The first-order valence-electron chi connectivity index (χ1n) is 7.70. The number of para-hydroxylation sites is 1. The van der Waals surface area contributed by atoms with E-state index in [1.54, 1.807) is 0 Å². The number of aryl methyl sites for hydroxylation is 2. The molecular formula is C16H24N4. The summed E-state index contributed by atoms with van der Waals surface area (Å²) in [6.45, 7) is 9.03. The van der Waals surface area contributed by atoms with Gasteiger partial charge < -0.3 is 10.2 Å². The lowest BCUT2D eigenvalue weighted by Gasteiger charge is -2.27. The van der Waals surface area contributed by atoms with Crippen LogP contribution in [0.3, 0.4) is 0 Å². The lowest BCUT2D eigenvalue weighted by atomic mass is 10.2. The Morgan fingerprint density at radius 1 is 1.10 bits per heavy atom. The number of nitrogens with zero attached hydrogens (tertiary/aromatic N) is 3. The van der Waals surface area contributed by atoms with Crippen LogP contribution < -0.4 is 5.32 Å². The van der Waals surface area contributed by atoms with Gasteiger partial charge in [0.15, 0.2) is 0 Å². The van der Waals surface area contributed by atoms with Gasteiger partial charge in [0.05, 0.1) is 11.2 Å². The van der Waals surface area contributed by atoms with E-state index < -0.39 is 0 Å². The van der Waals surface area contributed by atoms with Crippen molar-refractivity contribution in [2.45, 2.75) is 26.3 Å². The van der Waals surface area contributed by atoms with Gasteiger partial charge in [-0.15, -0.1) is 0 Å². The van der Waals surface area contributed by atoms with Gasteiger partial charge in [-0.25, -0.2) is 0 Å². The van der Waals surface area contributed by atoms with Crippen LogP contribution in [0.4, 0.5) is 0 Å². The van der Waals surface area contributed by atoms with Gasteiger partial charge in [0.25, 0.3) is 0 Å². The van der Waals surface area contributed by atoms with E-state index in [4.69, 9.17) is 0 Å². The molecule has 108 valence electrons. The standard InChI is InChI=1S/C16H24N4/c1-14-15-6-2-3-7-16(15)20(18-14)11-5-4-10-19-12-8-17-9-13-19/h2-3,6-7,17H,4-5,8-13H2,1H3. The molecule has 0 aliphatic carbocycles. The molecule has 1 N–H and O–H groups in total. The van der Waals surface area contributed by atoms with Gasteiger partial charge in [0, 0.05) is 38.1 Å². The van der Waals surface area contributed by atoms with Crippen molar-refractivity contribution in [1.29, 1.82) is 0 Å². The summed E-state index contributed by atoms with van der Waals surface area (Å²) in [5.74, 6) is 0. The molecule has 4 heteroatoms. The normalized spacial score (nSPS) is 16.9. The van der Waals surface area contributed by atoms with Crippen molar-refractivity contribution < 1.29 is 0 Å². The number of unbranched alkanes of at least 4 members (excludes halogenated alkanes) is 1. The van der Waals surface area contributed by atoms with Crippen LogP contribution in [0.1, 0.15) is 18.5 Å². The predicted octanol–water partition coefficient (Wildman–Crippen LogP) is 2.03. The second-order valence-electron chi connectivity index (χ2n) is 5.62. The maximum Gasteiger partial charge on any atom is 0.0685 e. The molecule has 0 bridgehead atoms. The van der Waals surface area contributed by atoms with E-state index in [0.717, 1.165) is 25.3 Å². The summed E-state index contributed by atoms with van der Waals surface area (Å²) >= 11 is 0. The molecule has 1 saturated heterocycles. The van der Waals surface area contributed by atoms with Crippen molar-refractivity contribution in [3.63, 3.8) is 0 Å². The van der Waals surface area contributed by atoms with E-state index in [2.05, 4.69) is 51.2 Å². The van der Waals surface area contributed by atoms with Gasteiger partial charge in [0.1, 0.15) is 0 Å². The first kappa shape index (κ1) is 13.6. The Balaban J connectivity index is 1.52. The minimum Gasteiger partial charge on any atom is -0.314 e. The lowest BCUT2D eigenvalue weighted by molar-refractivity contribution is 0.235. The van der Waals surface area contributed by atoms with Gasteiger partial charge in [-0.2, -0.15) is 5.10 Å². The van der Waals surface area contributed by atoms with E-state index in [-0.39, 0.29) is 0 Å². The molecule has 1 aliphatic rings. The summed E-state index contributed by atoms with van der Waals surface area (Å²) < 4.78 is 2.17. The molecule has 2 aromatic rings. The molecule has 1 aromatic carbocycles. The smallest absolute Gasteiger partial charge is 0.0685 e.